The van der Waals surface area contributed by atoms with Crippen molar-refractivity contribution in [1.82, 2.24) is 15.3 Å². The number of carbonyl (C=O) groups is 1. The third kappa shape index (κ3) is 2.90. The number of anilines is 1. The monoisotopic (exact) mass is 300 g/mol. The molecule has 6 heteroatoms. The van der Waals surface area contributed by atoms with E-state index >= 15 is 0 Å². The molecule has 0 fully saturated rings. The van der Waals surface area contributed by atoms with Crippen LogP contribution in [-0.2, 0) is 0 Å². The Morgan fingerprint density at radius 2 is 2.24 bits per heavy atom. The van der Waals surface area contributed by atoms with Gasteiger partial charge in [0, 0.05) is 28.2 Å². The largest absolute Gasteiger partial charge is 0.361 e. The van der Waals surface area contributed by atoms with Gasteiger partial charge in [0.05, 0.1) is 11.7 Å². The Balaban J connectivity index is 1.70. The number of thiazole rings is 1. The number of urea groups is 1. The Bertz CT molecular complexity index is 777. The average molecular weight is 300 g/mol. The minimum absolute atomic E-state index is 0.117. The highest BCUT2D eigenvalue weighted by molar-refractivity contribution is 7.11. The SMILES string of the molecule is Cc1cnc([C@@H](C)NC(=O)Nc2cccc3[nH]ccc23)s1. The van der Waals surface area contributed by atoms with Crippen LogP contribution in [-0.4, -0.2) is 16.0 Å². The quantitative estimate of drug-likeness (QED) is 0.688. The van der Waals surface area contributed by atoms with Crippen LogP contribution < -0.4 is 10.6 Å². The molecule has 3 rings (SSSR count). The highest BCUT2D eigenvalue weighted by Crippen LogP contribution is 2.23. The van der Waals surface area contributed by atoms with E-state index in [1.807, 2.05) is 50.5 Å². The normalized spacial score (nSPS) is 12.3. The molecular weight excluding hydrogens is 284 g/mol. The van der Waals surface area contributed by atoms with Crippen molar-refractivity contribution in [3.63, 3.8) is 0 Å². The maximum absolute atomic E-state index is 12.1. The molecule has 0 saturated heterocycles. The third-order valence-corrected chi connectivity index (χ3v) is 4.30. The highest BCUT2D eigenvalue weighted by atomic mass is 32.1. The van der Waals surface area contributed by atoms with Crippen LogP contribution >= 0.6 is 11.3 Å². The standard InChI is InChI=1S/C15H16N4OS/c1-9-8-17-14(21-9)10(2)18-15(20)19-13-5-3-4-12-11(13)6-7-16-12/h3-8,10,16H,1-2H3,(H2,18,19,20)/t10-/m1/s1. The number of nitrogens with one attached hydrogen (secondary N) is 3. The van der Waals surface area contributed by atoms with Crippen LogP contribution in [0.2, 0.25) is 0 Å². The number of hydrogen-bond donors (Lipinski definition) is 3. The number of carbonyl (C=O) groups excluding carboxylic acids is 1. The lowest BCUT2D eigenvalue weighted by molar-refractivity contribution is 0.249. The van der Waals surface area contributed by atoms with Crippen LogP contribution in [0.15, 0.2) is 36.7 Å². The summed E-state index contributed by atoms with van der Waals surface area (Å²) in [5.74, 6) is 0. The zero-order valence-corrected chi connectivity index (χ0v) is 12.6. The van der Waals surface area contributed by atoms with E-state index in [0.29, 0.717) is 0 Å². The summed E-state index contributed by atoms with van der Waals surface area (Å²) in [5, 5.41) is 7.68. The van der Waals surface area contributed by atoms with Crippen molar-refractivity contribution < 1.29 is 4.79 Å². The maximum Gasteiger partial charge on any atom is 0.319 e. The highest BCUT2D eigenvalue weighted by Gasteiger charge is 2.13. The van der Waals surface area contributed by atoms with Gasteiger partial charge in [-0.2, -0.15) is 0 Å². The van der Waals surface area contributed by atoms with Crippen LogP contribution in [0.25, 0.3) is 10.9 Å². The molecule has 0 radical (unpaired) electrons. The van der Waals surface area contributed by atoms with Crippen LogP contribution in [0, 0.1) is 6.92 Å². The summed E-state index contributed by atoms with van der Waals surface area (Å²) >= 11 is 1.59. The van der Waals surface area contributed by atoms with Gasteiger partial charge in [-0.25, -0.2) is 9.78 Å². The second-order valence-electron chi connectivity index (χ2n) is 4.87. The van der Waals surface area contributed by atoms with E-state index in [0.717, 1.165) is 26.5 Å². The number of aryl methyl sites for hydroxylation is 1. The number of hydrogen-bond acceptors (Lipinski definition) is 3. The lowest BCUT2D eigenvalue weighted by atomic mass is 10.2. The first-order chi connectivity index (χ1) is 10.1. The summed E-state index contributed by atoms with van der Waals surface area (Å²) in [6.07, 6.45) is 3.67. The zero-order valence-electron chi connectivity index (χ0n) is 11.8. The summed E-state index contributed by atoms with van der Waals surface area (Å²) in [5.41, 5.74) is 1.78. The molecule has 3 aromatic rings. The Kier molecular flexibility index (Phi) is 3.62. The second kappa shape index (κ2) is 5.57. The van der Waals surface area contributed by atoms with Gasteiger partial charge in [0.1, 0.15) is 5.01 Å². The Labute approximate surface area is 126 Å². The molecule has 0 aliphatic rings. The van der Waals surface area contributed by atoms with Crippen LogP contribution in [0.5, 0.6) is 0 Å². The Morgan fingerprint density at radius 1 is 1.38 bits per heavy atom. The molecule has 0 spiro atoms. The summed E-state index contributed by atoms with van der Waals surface area (Å²) in [6.45, 7) is 3.93. The van der Waals surface area contributed by atoms with Gasteiger partial charge in [0.15, 0.2) is 0 Å². The van der Waals surface area contributed by atoms with Gasteiger partial charge in [-0.1, -0.05) is 6.07 Å². The first-order valence-electron chi connectivity index (χ1n) is 6.69. The topological polar surface area (TPSA) is 69.8 Å². The molecule has 5 nitrogen and oxygen atoms in total. The number of aromatic amines is 1. The Morgan fingerprint density at radius 3 is 3.00 bits per heavy atom. The van der Waals surface area contributed by atoms with Gasteiger partial charge in [0.2, 0.25) is 0 Å². The van der Waals surface area contributed by atoms with E-state index in [-0.39, 0.29) is 12.1 Å². The summed E-state index contributed by atoms with van der Waals surface area (Å²) in [7, 11) is 0. The van der Waals surface area contributed by atoms with Crippen molar-refractivity contribution in [1.29, 1.82) is 0 Å². The van der Waals surface area contributed by atoms with E-state index < -0.39 is 0 Å². The number of rotatable bonds is 3. The van der Waals surface area contributed by atoms with Gasteiger partial charge in [0.25, 0.3) is 0 Å². The van der Waals surface area contributed by atoms with Gasteiger partial charge >= 0.3 is 6.03 Å². The van der Waals surface area contributed by atoms with Crippen molar-refractivity contribution >= 4 is 34.0 Å². The smallest absolute Gasteiger partial charge is 0.319 e. The summed E-state index contributed by atoms with van der Waals surface area (Å²) < 4.78 is 0. The fourth-order valence-corrected chi connectivity index (χ4v) is 2.96. The lowest BCUT2D eigenvalue weighted by Gasteiger charge is -2.13. The van der Waals surface area contributed by atoms with E-state index in [4.69, 9.17) is 0 Å². The number of benzene rings is 1. The molecule has 0 saturated carbocycles. The fraction of sp³-hybridized carbons (Fsp3) is 0.200. The number of amides is 2. The Hall–Kier alpha value is -2.34. The molecule has 1 aromatic carbocycles. The molecule has 21 heavy (non-hydrogen) atoms. The van der Waals surface area contributed by atoms with Crippen molar-refractivity contribution in [3.8, 4) is 0 Å². The van der Waals surface area contributed by atoms with Crippen LogP contribution in [0.3, 0.4) is 0 Å². The molecular formula is C15H16N4OS. The number of aromatic nitrogens is 2. The number of nitrogens with zero attached hydrogens (tertiary/aromatic N) is 1. The van der Waals surface area contributed by atoms with E-state index in [1.54, 1.807) is 11.3 Å². The third-order valence-electron chi connectivity index (χ3n) is 3.20. The predicted octanol–water partition coefficient (Wildman–Crippen LogP) is 3.82. The van der Waals surface area contributed by atoms with Crippen molar-refractivity contribution in [3.05, 3.63) is 46.5 Å². The molecule has 1 atom stereocenters. The molecule has 0 unspecified atom stereocenters. The molecule has 0 bridgehead atoms. The van der Waals surface area contributed by atoms with Gasteiger partial charge < -0.3 is 15.6 Å². The minimum Gasteiger partial charge on any atom is -0.361 e. The lowest BCUT2D eigenvalue weighted by Crippen LogP contribution is -2.31. The van der Waals surface area contributed by atoms with E-state index in [1.165, 1.54) is 0 Å². The van der Waals surface area contributed by atoms with Crippen LogP contribution in [0.1, 0.15) is 22.9 Å². The zero-order chi connectivity index (χ0) is 14.8. The molecule has 0 aliphatic heterocycles. The van der Waals surface area contributed by atoms with Gasteiger partial charge in [-0.05, 0) is 32.0 Å². The van der Waals surface area contributed by atoms with Gasteiger partial charge in [-0.3, -0.25) is 0 Å². The first kappa shape index (κ1) is 13.6. The first-order valence-corrected chi connectivity index (χ1v) is 7.51. The van der Waals surface area contributed by atoms with Crippen molar-refractivity contribution in [2.45, 2.75) is 19.9 Å². The number of H-pyrrole nitrogens is 1. The van der Waals surface area contributed by atoms with Crippen molar-refractivity contribution in [2.75, 3.05) is 5.32 Å². The maximum atomic E-state index is 12.1. The molecule has 2 amide bonds. The fourth-order valence-electron chi connectivity index (χ4n) is 2.18. The molecule has 108 valence electrons. The summed E-state index contributed by atoms with van der Waals surface area (Å²) in [6, 6.07) is 7.35. The van der Waals surface area contributed by atoms with Crippen LogP contribution in [0.4, 0.5) is 10.5 Å². The summed E-state index contributed by atoms with van der Waals surface area (Å²) in [4.78, 5) is 20.7. The molecule has 0 aliphatic carbocycles. The minimum atomic E-state index is -0.232. The predicted molar refractivity (Wildman–Crippen MR) is 85.7 cm³/mol. The second-order valence-corrected chi connectivity index (χ2v) is 6.14. The van der Waals surface area contributed by atoms with E-state index in [2.05, 4.69) is 20.6 Å². The number of fused-ring (bicyclic) bond motifs is 1. The molecule has 2 aromatic heterocycles. The molecule has 2 heterocycles. The van der Waals surface area contributed by atoms with Gasteiger partial charge in [-0.15, -0.1) is 11.3 Å². The van der Waals surface area contributed by atoms with Crippen molar-refractivity contribution in [2.24, 2.45) is 0 Å². The molecule has 3 N–H and O–H groups in total. The van der Waals surface area contributed by atoms with E-state index in [9.17, 15) is 4.79 Å². The average Bonchev–Trinajstić information content (AvgIpc) is 3.07.